The van der Waals surface area contributed by atoms with Crippen LogP contribution in [0.4, 0.5) is 4.79 Å². The van der Waals surface area contributed by atoms with Crippen molar-refractivity contribution in [2.24, 2.45) is 0 Å². The molecule has 34 heavy (non-hydrogen) atoms. The Kier molecular flexibility index (Phi) is 8.31. The van der Waals surface area contributed by atoms with Crippen LogP contribution in [-0.2, 0) is 9.53 Å². The summed E-state index contributed by atoms with van der Waals surface area (Å²) in [5.41, 5.74) is 1.34. The van der Waals surface area contributed by atoms with Crippen molar-refractivity contribution >= 4 is 46.7 Å². The van der Waals surface area contributed by atoms with Crippen LogP contribution in [0, 0.1) is 0 Å². The number of carbonyl (C=O) groups is 3. The number of nitrogens with one attached hydrogen (secondary N) is 1. The van der Waals surface area contributed by atoms with Gasteiger partial charge in [0, 0.05) is 30.2 Å². The summed E-state index contributed by atoms with van der Waals surface area (Å²) in [7, 11) is 0. The molecule has 0 unspecified atom stereocenters. The first-order valence-corrected chi connectivity index (χ1v) is 13.1. The zero-order chi connectivity index (χ0) is 23.9. The largest absolute Gasteiger partial charge is 0.491 e. The van der Waals surface area contributed by atoms with Gasteiger partial charge in [0.15, 0.2) is 0 Å². The number of carbonyl (C=O) groups excluding carboxylic acids is 3. The summed E-state index contributed by atoms with van der Waals surface area (Å²) in [5.74, 6) is 0.0627. The third kappa shape index (κ3) is 6.22. The Morgan fingerprint density at radius 2 is 1.97 bits per heavy atom. The second kappa shape index (κ2) is 11.6. The minimum Gasteiger partial charge on any atom is -0.491 e. The van der Waals surface area contributed by atoms with E-state index in [1.807, 2.05) is 30.5 Å². The van der Waals surface area contributed by atoms with E-state index in [4.69, 9.17) is 9.47 Å². The minimum absolute atomic E-state index is 0.113. The Labute approximate surface area is 207 Å². The third-order valence-electron chi connectivity index (χ3n) is 5.48. The van der Waals surface area contributed by atoms with E-state index in [2.05, 4.69) is 5.32 Å². The SMILES string of the molecule is CSc1ccc(/C=C2/SC(=O)N(CCNC(=O)c3ccc(OC[C@@H]4CCCO4)cc3)C2=O)cc1. The van der Waals surface area contributed by atoms with Gasteiger partial charge >= 0.3 is 0 Å². The van der Waals surface area contributed by atoms with E-state index in [-0.39, 0.29) is 36.2 Å². The van der Waals surface area contributed by atoms with Crippen molar-refractivity contribution in [2.45, 2.75) is 23.8 Å². The number of ether oxygens (including phenoxy) is 2. The number of rotatable bonds is 9. The summed E-state index contributed by atoms with van der Waals surface area (Å²) in [6, 6.07) is 14.6. The topological polar surface area (TPSA) is 84.9 Å². The molecule has 0 spiro atoms. The van der Waals surface area contributed by atoms with Crippen molar-refractivity contribution < 1.29 is 23.9 Å². The number of thioether (sulfide) groups is 2. The minimum atomic E-state index is -0.342. The average molecular weight is 499 g/mol. The van der Waals surface area contributed by atoms with Crippen molar-refractivity contribution in [3.63, 3.8) is 0 Å². The lowest BCUT2D eigenvalue weighted by Crippen LogP contribution is -2.37. The van der Waals surface area contributed by atoms with Crippen LogP contribution in [0.25, 0.3) is 6.08 Å². The van der Waals surface area contributed by atoms with Crippen LogP contribution in [-0.4, -0.2) is 60.6 Å². The number of benzene rings is 2. The molecular weight excluding hydrogens is 472 g/mol. The van der Waals surface area contributed by atoms with Crippen molar-refractivity contribution in [3.05, 3.63) is 64.6 Å². The summed E-state index contributed by atoms with van der Waals surface area (Å²) in [4.78, 5) is 40.1. The predicted molar refractivity (Wildman–Crippen MR) is 134 cm³/mol. The van der Waals surface area contributed by atoms with Crippen molar-refractivity contribution in [1.29, 1.82) is 0 Å². The summed E-state index contributed by atoms with van der Waals surface area (Å²) >= 11 is 2.55. The van der Waals surface area contributed by atoms with Crippen LogP contribution in [0.15, 0.2) is 58.3 Å². The highest BCUT2D eigenvalue weighted by atomic mass is 32.2. The number of hydrogen-bond acceptors (Lipinski definition) is 7. The maximum Gasteiger partial charge on any atom is 0.293 e. The molecule has 178 valence electrons. The Hall–Kier alpha value is -2.75. The summed E-state index contributed by atoms with van der Waals surface area (Å²) in [6.07, 6.45) is 5.91. The van der Waals surface area contributed by atoms with Crippen molar-refractivity contribution in [3.8, 4) is 5.75 Å². The molecule has 4 rings (SSSR count). The van der Waals surface area contributed by atoms with Crippen LogP contribution in [0.3, 0.4) is 0 Å². The quantitative estimate of drug-likeness (QED) is 0.404. The molecule has 7 nitrogen and oxygen atoms in total. The molecule has 3 amide bonds. The molecule has 1 atom stereocenters. The van der Waals surface area contributed by atoms with Crippen molar-refractivity contribution in [1.82, 2.24) is 10.2 Å². The first-order valence-electron chi connectivity index (χ1n) is 11.1. The first kappa shape index (κ1) is 24.4. The fourth-order valence-corrected chi connectivity index (χ4v) is 4.87. The molecule has 2 aliphatic rings. The normalized spacial score (nSPS) is 19.1. The number of imide groups is 1. The molecule has 0 aromatic heterocycles. The maximum absolute atomic E-state index is 12.7. The van der Waals surface area contributed by atoms with Gasteiger partial charge in [0.25, 0.3) is 17.1 Å². The Morgan fingerprint density at radius 3 is 2.65 bits per heavy atom. The highest BCUT2D eigenvalue weighted by Gasteiger charge is 2.34. The van der Waals surface area contributed by atoms with Gasteiger partial charge in [-0.05, 0) is 78.9 Å². The molecule has 1 N–H and O–H groups in total. The Balaban J connectivity index is 1.25. The van der Waals surface area contributed by atoms with Gasteiger partial charge in [-0.1, -0.05) is 12.1 Å². The molecule has 0 bridgehead atoms. The Bertz CT molecular complexity index is 1060. The lowest BCUT2D eigenvalue weighted by molar-refractivity contribution is -0.122. The van der Waals surface area contributed by atoms with Crippen LogP contribution >= 0.6 is 23.5 Å². The molecule has 2 heterocycles. The fourth-order valence-electron chi connectivity index (χ4n) is 3.60. The molecule has 2 fully saturated rings. The van der Waals surface area contributed by atoms with Gasteiger partial charge in [-0.15, -0.1) is 11.8 Å². The summed E-state index contributed by atoms with van der Waals surface area (Å²) in [5, 5.41) is 2.43. The van der Waals surface area contributed by atoms with Crippen LogP contribution in [0.2, 0.25) is 0 Å². The molecule has 2 aliphatic heterocycles. The van der Waals surface area contributed by atoms with E-state index in [9.17, 15) is 14.4 Å². The number of hydrogen-bond donors (Lipinski definition) is 1. The fraction of sp³-hybridized carbons (Fsp3) is 0.320. The lowest BCUT2D eigenvalue weighted by Gasteiger charge is -2.13. The van der Waals surface area contributed by atoms with E-state index >= 15 is 0 Å². The zero-order valence-electron chi connectivity index (χ0n) is 18.8. The maximum atomic E-state index is 12.7. The second-order valence-electron chi connectivity index (χ2n) is 7.83. The van der Waals surface area contributed by atoms with E-state index in [0.29, 0.717) is 22.8 Å². The lowest BCUT2D eigenvalue weighted by atomic mass is 10.2. The van der Waals surface area contributed by atoms with Gasteiger partial charge in [0.1, 0.15) is 12.4 Å². The number of amides is 3. The smallest absolute Gasteiger partial charge is 0.293 e. The number of nitrogens with zero attached hydrogens (tertiary/aromatic N) is 1. The Morgan fingerprint density at radius 1 is 1.21 bits per heavy atom. The van der Waals surface area contributed by atoms with E-state index in [1.165, 1.54) is 0 Å². The average Bonchev–Trinajstić information content (AvgIpc) is 3.47. The van der Waals surface area contributed by atoms with Gasteiger partial charge in [0.2, 0.25) is 0 Å². The second-order valence-corrected chi connectivity index (χ2v) is 9.71. The van der Waals surface area contributed by atoms with Gasteiger partial charge in [0.05, 0.1) is 11.0 Å². The molecule has 2 saturated heterocycles. The van der Waals surface area contributed by atoms with Gasteiger partial charge in [-0.3, -0.25) is 19.3 Å². The van der Waals surface area contributed by atoms with Crippen molar-refractivity contribution in [2.75, 3.05) is 32.6 Å². The van der Waals surface area contributed by atoms with Gasteiger partial charge in [-0.2, -0.15) is 0 Å². The first-order chi connectivity index (χ1) is 16.5. The molecule has 2 aromatic carbocycles. The monoisotopic (exact) mass is 498 g/mol. The summed E-state index contributed by atoms with van der Waals surface area (Å²) < 4.78 is 11.3. The molecule has 9 heteroatoms. The van der Waals surface area contributed by atoms with E-state index in [0.717, 1.165) is 46.6 Å². The zero-order valence-corrected chi connectivity index (χ0v) is 20.5. The predicted octanol–water partition coefficient (Wildman–Crippen LogP) is 4.43. The van der Waals surface area contributed by atoms with E-state index < -0.39 is 0 Å². The van der Waals surface area contributed by atoms with Gasteiger partial charge < -0.3 is 14.8 Å². The molecule has 0 saturated carbocycles. The summed E-state index contributed by atoms with van der Waals surface area (Å²) in [6.45, 7) is 1.57. The third-order valence-corrected chi connectivity index (χ3v) is 7.14. The van der Waals surface area contributed by atoms with Gasteiger partial charge in [-0.25, -0.2) is 0 Å². The molecule has 2 aromatic rings. The molecular formula is C25H26N2O5S2. The van der Waals surface area contributed by atoms with Crippen LogP contribution in [0.5, 0.6) is 5.75 Å². The highest BCUT2D eigenvalue weighted by molar-refractivity contribution is 8.18. The molecule has 0 aliphatic carbocycles. The van der Waals surface area contributed by atoms with E-state index in [1.54, 1.807) is 42.1 Å². The van der Waals surface area contributed by atoms with Crippen LogP contribution < -0.4 is 10.1 Å². The standard InChI is InChI=1S/C25H26N2O5S2/c1-33-21-10-4-17(5-11-21)15-22-24(29)27(25(30)34-22)13-12-26-23(28)18-6-8-19(9-7-18)32-16-20-3-2-14-31-20/h4-11,15,20H,2-3,12-14,16H2,1H3,(H,26,28)/b22-15+/t20-/m0/s1. The van der Waals surface area contributed by atoms with Crippen LogP contribution in [0.1, 0.15) is 28.8 Å². The highest BCUT2D eigenvalue weighted by Crippen LogP contribution is 2.32. The molecule has 0 radical (unpaired) electrons.